The molecule has 2 atom stereocenters. The van der Waals surface area contributed by atoms with E-state index in [9.17, 15) is 62.5 Å². The zero-order chi connectivity index (χ0) is 33.8. The van der Waals surface area contributed by atoms with Crippen molar-refractivity contribution in [1.29, 1.82) is 0 Å². The Balaban J connectivity index is 2.41. The minimum Gasteiger partial charge on any atom is -0.507 e. The van der Waals surface area contributed by atoms with Gasteiger partial charge in [-0.2, -0.15) is 8.42 Å². The van der Waals surface area contributed by atoms with Crippen LogP contribution in [0.4, 0.5) is 0 Å². The second-order valence-corrected chi connectivity index (χ2v) is 12.0. The van der Waals surface area contributed by atoms with Crippen molar-refractivity contribution >= 4 is 45.4 Å². The number of Topliss-reactive ketones (excluding diaryl/α,β-unsaturated/α-hetero) is 1. The number of rotatable bonds is 13. The van der Waals surface area contributed by atoms with E-state index >= 15 is 0 Å². The highest BCUT2D eigenvalue weighted by molar-refractivity contribution is 7.86. The molecule has 0 radical (unpaired) electrons. The van der Waals surface area contributed by atoms with Gasteiger partial charge in [-0.05, 0) is 90.4 Å². The maximum atomic E-state index is 13.1. The molecule has 238 valence electrons. The van der Waals surface area contributed by atoms with Crippen LogP contribution in [-0.4, -0.2) is 68.2 Å². The highest BCUT2D eigenvalue weighted by atomic mass is 32.2. The lowest BCUT2D eigenvalue weighted by Gasteiger charge is -2.22. The van der Waals surface area contributed by atoms with E-state index < -0.39 is 82.2 Å². The summed E-state index contributed by atoms with van der Waals surface area (Å²) in [5.74, 6) is -9.47. The number of hydrogen-bond donors (Lipinski definition) is 6. The first kappa shape index (κ1) is 34.4. The molecule has 6 N–H and O–H groups in total. The number of hydrogen-bond acceptors (Lipinski definition) is 8. The first-order chi connectivity index (χ1) is 20.9. The zero-order valence-electron chi connectivity index (χ0n) is 24.1. The van der Waals surface area contributed by atoms with Crippen LogP contribution in [0.15, 0.2) is 70.2 Å². The van der Waals surface area contributed by atoms with E-state index in [-0.39, 0.29) is 50.3 Å². The normalized spacial score (nSPS) is 15.8. The molecule has 14 heteroatoms. The third-order valence-electron chi connectivity index (χ3n) is 7.22. The number of carboxylic acids is 4. The van der Waals surface area contributed by atoms with Gasteiger partial charge >= 0.3 is 23.9 Å². The fourth-order valence-electron chi connectivity index (χ4n) is 5.12. The van der Waals surface area contributed by atoms with Crippen LogP contribution in [-0.2, 0) is 40.5 Å². The number of carbonyl (C=O) groups is 5. The second-order valence-electron chi connectivity index (χ2n) is 10.6. The lowest BCUT2D eigenvalue weighted by Crippen LogP contribution is -2.22. The molecule has 0 aliphatic heterocycles. The van der Waals surface area contributed by atoms with Crippen LogP contribution in [0.2, 0.25) is 0 Å². The van der Waals surface area contributed by atoms with Gasteiger partial charge in [-0.3, -0.25) is 28.5 Å². The van der Waals surface area contributed by atoms with Crippen molar-refractivity contribution in [2.45, 2.75) is 44.4 Å². The van der Waals surface area contributed by atoms with E-state index in [0.29, 0.717) is 0 Å². The number of aliphatic carboxylic acids is 4. The molecule has 2 unspecified atom stereocenters. The van der Waals surface area contributed by atoms with Gasteiger partial charge in [0.05, 0.1) is 24.7 Å². The van der Waals surface area contributed by atoms with Gasteiger partial charge < -0.3 is 25.5 Å². The van der Waals surface area contributed by atoms with Gasteiger partial charge in [0, 0.05) is 11.1 Å². The molecule has 0 heterocycles. The topological polar surface area (TPSA) is 241 Å². The second kappa shape index (κ2) is 13.7. The molecule has 2 aromatic carbocycles. The van der Waals surface area contributed by atoms with E-state index in [2.05, 4.69) is 0 Å². The van der Waals surface area contributed by atoms with Crippen LogP contribution in [0.5, 0.6) is 5.75 Å². The van der Waals surface area contributed by atoms with E-state index in [1.54, 1.807) is 0 Å². The number of benzene rings is 2. The van der Waals surface area contributed by atoms with Gasteiger partial charge in [-0.1, -0.05) is 18.2 Å². The summed E-state index contributed by atoms with van der Waals surface area (Å²) in [6.45, 7) is 2.90. The van der Waals surface area contributed by atoms with Crippen molar-refractivity contribution in [1.82, 2.24) is 0 Å². The number of ketones is 1. The molecule has 13 nitrogen and oxygen atoms in total. The van der Waals surface area contributed by atoms with Crippen molar-refractivity contribution in [2.24, 2.45) is 11.8 Å². The lowest BCUT2D eigenvalue weighted by molar-refractivity contribution is -0.148. The van der Waals surface area contributed by atoms with E-state index in [4.69, 9.17) is 0 Å². The number of carboxylic acid groups (broad SMARTS) is 4. The molecule has 0 amide bonds. The Kier molecular flexibility index (Phi) is 10.5. The molecule has 0 spiro atoms. The average molecular weight is 643 g/mol. The molecule has 2 aromatic rings. The summed E-state index contributed by atoms with van der Waals surface area (Å²) in [7, 11) is -4.86. The number of phenols is 1. The smallest absolute Gasteiger partial charge is 0.307 e. The maximum absolute atomic E-state index is 13.1. The lowest BCUT2D eigenvalue weighted by atomic mass is 9.82. The van der Waals surface area contributed by atoms with Gasteiger partial charge in [0.25, 0.3) is 10.1 Å². The fourth-order valence-corrected chi connectivity index (χ4v) is 5.82. The van der Waals surface area contributed by atoms with E-state index in [0.717, 1.165) is 6.07 Å². The summed E-state index contributed by atoms with van der Waals surface area (Å²) in [5.41, 5.74) is 0.594. The van der Waals surface area contributed by atoms with Gasteiger partial charge in [0.1, 0.15) is 10.6 Å². The van der Waals surface area contributed by atoms with Crippen LogP contribution in [0.25, 0.3) is 5.57 Å². The molecule has 0 bridgehead atoms. The number of allylic oxidation sites excluding steroid dienone is 5. The van der Waals surface area contributed by atoms with Gasteiger partial charge in [0.15, 0.2) is 5.78 Å². The summed E-state index contributed by atoms with van der Waals surface area (Å²) in [6.07, 6.45) is 0.250. The van der Waals surface area contributed by atoms with Crippen molar-refractivity contribution < 1.29 is 62.5 Å². The molecule has 0 fully saturated rings. The van der Waals surface area contributed by atoms with Gasteiger partial charge in [-0.15, -0.1) is 0 Å². The predicted molar refractivity (Wildman–Crippen MR) is 157 cm³/mol. The predicted octanol–water partition coefficient (Wildman–Crippen LogP) is 3.49. The van der Waals surface area contributed by atoms with Crippen molar-refractivity contribution in [2.75, 3.05) is 0 Å². The van der Waals surface area contributed by atoms with Crippen molar-refractivity contribution in [3.8, 4) is 5.75 Å². The molecular weight excluding hydrogens is 612 g/mol. The highest BCUT2D eigenvalue weighted by Crippen LogP contribution is 2.39. The van der Waals surface area contributed by atoms with Crippen molar-refractivity contribution in [3.05, 3.63) is 87.5 Å². The average Bonchev–Trinajstić information content (AvgIpc) is 2.92. The largest absolute Gasteiger partial charge is 0.507 e. The summed E-state index contributed by atoms with van der Waals surface area (Å²) in [5, 5.41) is 48.4. The zero-order valence-corrected chi connectivity index (χ0v) is 24.9. The summed E-state index contributed by atoms with van der Waals surface area (Å²) in [4.78, 5) is 58.7. The Bertz CT molecular complexity index is 1790. The van der Waals surface area contributed by atoms with Crippen LogP contribution < -0.4 is 0 Å². The molecular formula is C31H30O13S. The molecule has 0 saturated carbocycles. The number of aryl methyl sites for hydroxylation is 1. The quantitative estimate of drug-likeness (QED) is 0.172. The fraction of sp³-hybridized carbons (Fsp3) is 0.258. The van der Waals surface area contributed by atoms with Crippen LogP contribution in [0, 0.1) is 18.8 Å². The van der Waals surface area contributed by atoms with Crippen LogP contribution >= 0.6 is 0 Å². The number of aromatic hydroxyl groups is 1. The molecule has 1 aliphatic rings. The standard InChI is InChI=1S/C31H30O13S/c1-15-7-17(9-19(28(15)36)11-21(30(38)39)13-25(32)33)27(23-5-3-4-6-24(23)45(42,43)44)18-8-16(2)29(37)20(10-18)12-22(31(40)41)14-26(34)35/h3-10,21-22,36H,11-14H2,1-2H3,(H,32,33)(H,34,35)(H,38,39)(H,40,41)(H,42,43,44). The molecule has 1 aliphatic carbocycles. The Morgan fingerprint density at radius 1 is 0.822 bits per heavy atom. The van der Waals surface area contributed by atoms with Gasteiger partial charge in [0.2, 0.25) is 0 Å². The summed E-state index contributed by atoms with van der Waals surface area (Å²) in [6, 6.07) is 8.06. The monoisotopic (exact) mass is 642 g/mol. The summed E-state index contributed by atoms with van der Waals surface area (Å²) >= 11 is 0. The maximum Gasteiger partial charge on any atom is 0.307 e. The third kappa shape index (κ3) is 8.31. The number of carbonyl (C=O) groups excluding carboxylic acids is 1. The van der Waals surface area contributed by atoms with E-state index in [1.807, 2.05) is 0 Å². The van der Waals surface area contributed by atoms with E-state index in [1.165, 1.54) is 56.3 Å². The molecule has 0 aromatic heterocycles. The van der Waals surface area contributed by atoms with Crippen molar-refractivity contribution in [3.63, 3.8) is 0 Å². The SMILES string of the molecule is CC1=CC(=C(c2cc(C)c(O)c(CC(CC(=O)O)C(=O)O)c2)c2ccccc2S(=O)(=O)O)C=C(CC(CC(=O)O)C(=O)O)C1=O. The van der Waals surface area contributed by atoms with Gasteiger partial charge in [-0.25, -0.2) is 0 Å². The van der Waals surface area contributed by atoms with Crippen LogP contribution in [0.1, 0.15) is 48.4 Å². The molecule has 3 rings (SSSR count). The summed E-state index contributed by atoms with van der Waals surface area (Å²) < 4.78 is 35.0. The number of phenolic OH excluding ortho intramolecular Hbond substituents is 1. The Morgan fingerprint density at radius 2 is 1.38 bits per heavy atom. The Morgan fingerprint density at radius 3 is 1.91 bits per heavy atom. The Labute approximate surface area is 257 Å². The Hall–Kier alpha value is -5.08. The third-order valence-corrected chi connectivity index (χ3v) is 8.13. The first-order valence-electron chi connectivity index (χ1n) is 13.4. The minimum absolute atomic E-state index is 0.0188. The van der Waals surface area contributed by atoms with Crippen LogP contribution in [0.3, 0.4) is 0 Å². The molecule has 0 saturated heterocycles. The first-order valence-corrected chi connectivity index (χ1v) is 14.8. The highest BCUT2D eigenvalue weighted by Gasteiger charge is 2.30. The molecule has 45 heavy (non-hydrogen) atoms. The minimum atomic E-state index is -4.86.